The average molecular weight is 415 g/mol. The van der Waals surface area contributed by atoms with Gasteiger partial charge < -0.3 is 0 Å². The summed E-state index contributed by atoms with van der Waals surface area (Å²) < 4.78 is 56.8. The van der Waals surface area contributed by atoms with Gasteiger partial charge in [-0.3, -0.25) is 0 Å². The Labute approximate surface area is 125 Å². The summed E-state index contributed by atoms with van der Waals surface area (Å²) in [6.45, 7) is 2.79. The van der Waals surface area contributed by atoms with Gasteiger partial charge in [0.15, 0.2) is 0 Å². The van der Waals surface area contributed by atoms with Gasteiger partial charge in [-0.2, -0.15) is 0 Å². The Morgan fingerprint density at radius 2 is 1.95 bits per heavy atom. The van der Waals surface area contributed by atoms with Crippen molar-refractivity contribution in [2.24, 2.45) is 5.11 Å². The number of rotatable bonds is 5. The first-order chi connectivity index (χ1) is 9.81. The summed E-state index contributed by atoms with van der Waals surface area (Å²) in [6, 6.07) is 5.99. The van der Waals surface area contributed by atoms with E-state index in [4.69, 9.17) is 8.60 Å². The van der Waals surface area contributed by atoms with Gasteiger partial charge in [-0.05, 0) is 0 Å². The van der Waals surface area contributed by atoms with Crippen molar-refractivity contribution < 1.29 is 20.6 Å². The Hall–Kier alpha value is -1.48. The van der Waals surface area contributed by atoms with Crippen LogP contribution >= 0.6 is 20.2 Å². The van der Waals surface area contributed by atoms with Crippen LogP contribution in [0.4, 0.5) is 17.6 Å². The predicted molar refractivity (Wildman–Crippen MR) is 77.8 cm³/mol. The van der Waals surface area contributed by atoms with Gasteiger partial charge in [0.05, 0.1) is 0 Å². The number of nitrogens with zero attached hydrogens (tertiary/aromatic N) is 3. The molecule has 0 unspecified atom stereocenters. The Morgan fingerprint density at radius 1 is 1.29 bits per heavy atom. The molecule has 0 aromatic heterocycles. The van der Waals surface area contributed by atoms with Gasteiger partial charge in [0.1, 0.15) is 0 Å². The second-order valence-electron chi connectivity index (χ2n) is 4.14. The molecule has 0 aliphatic carbocycles. The fourth-order valence-electron chi connectivity index (χ4n) is 1.69. The van der Waals surface area contributed by atoms with E-state index in [0.29, 0.717) is 5.56 Å². The molecule has 0 bridgehead atoms. The fraction of sp³-hybridized carbons (Fsp3) is 0.333. The number of benzene rings is 1. The summed E-state index contributed by atoms with van der Waals surface area (Å²) in [4.78, 5) is 2.28. The molecule has 1 aliphatic heterocycles. The van der Waals surface area contributed by atoms with E-state index in [0.717, 1.165) is 0 Å². The van der Waals surface area contributed by atoms with Crippen LogP contribution in [0.1, 0.15) is 12.0 Å². The van der Waals surface area contributed by atoms with Crippen molar-refractivity contribution in [3.63, 3.8) is 0 Å². The fourth-order valence-corrected chi connectivity index (χ4v) is 6.23. The van der Waals surface area contributed by atoms with Crippen molar-refractivity contribution in [2.45, 2.75) is 16.3 Å². The number of alkyl halides is 5. The maximum absolute atomic E-state index is 14.2. The maximum atomic E-state index is 14.2. The topological polar surface area (TPSA) is 58.0 Å². The zero-order chi connectivity index (χ0) is 15.7. The first-order valence-corrected chi connectivity index (χ1v) is 8.78. The van der Waals surface area contributed by atoms with Gasteiger partial charge in [-0.25, -0.2) is 0 Å². The summed E-state index contributed by atoms with van der Waals surface area (Å²) in [5.74, 6) is -4.30. The molecule has 0 spiro atoms. The van der Waals surface area contributed by atoms with Crippen molar-refractivity contribution in [1.82, 2.24) is 0 Å². The summed E-state index contributed by atoms with van der Waals surface area (Å²) >= 11 is -3.95. The van der Waals surface area contributed by atoms with Gasteiger partial charge in [0, 0.05) is 0 Å². The van der Waals surface area contributed by atoms with Crippen molar-refractivity contribution in [3.05, 3.63) is 50.4 Å². The van der Waals surface area contributed by atoms with Crippen LogP contribution < -0.4 is 0 Å². The number of hydrogen-bond acceptors (Lipinski definition) is 2. The summed E-state index contributed by atoms with van der Waals surface area (Å²) in [5, 5.41) is 2.88. The zero-order valence-corrected chi connectivity index (χ0v) is 12.7. The van der Waals surface area contributed by atoms with Crippen molar-refractivity contribution in [1.29, 1.82) is 0 Å². The van der Waals surface area contributed by atoms with Crippen LogP contribution in [0.15, 0.2) is 36.0 Å². The van der Waals surface area contributed by atoms with Crippen LogP contribution in [0.2, 0.25) is 0 Å². The van der Waals surface area contributed by atoms with Gasteiger partial charge >= 0.3 is 125 Å². The zero-order valence-electron chi connectivity index (χ0n) is 10.6. The quantitative estimate of drug-likeness (QED) is 0.163. The van der Waals surface area contributed by atoms with Gasteiger partial charge in [0.25, 0.3) is 0 Å². The van der Waals surface area contributed by atoms with E-state index in [2.05, 4.69) is 16.6 Å². The Morgan fingerprint density at radius 3 is 2.62 bits per heavy atom. The van der Waals surface area contributed by atoms with Crippen LogP contribution in [0.5, 0.6) is 0 Å². The van der Waals surface area contributed by atoms with E-state index in [-0.39, 0.29) is 9.33 Å². The minimum absolute atomic E-state index is 0.00122. The third-order valence-electron chi connectivity index (χ3n) is 2.75. The van der Waals surface area contributed by atoms with Gasteiger partial charge in [0.2, 0.25) is 0 Å². The summed E-state index contributed by atoms with van der Waals surface area (Å²) in [7, 11) is 0. The third-order valence-corrected chi connectivity index (χ3v) is 7.74. The van der Waals surface area contributed by atoms with Crippen molar-refractivity contribution in [3.8, 4) is 0 Å². The molecule has 1 aromatic carbocycles. The molecule has 0 amide bonds. The first-order valence-electron chi connectivity index (χ1n) is 5.74. The van der Waals surface area contributed by atoms with E-state index in [9.17, 15) is 17.6 Å². The molecular weight excluding hydrogens is 405 g/mol. The molecule has 1 heterocycles. The summed E-state index contributed by atoms with van der Waals surface area (Å²) in [5.41, 5.74) is 8.40. The van der Waals surface area contributed by atoms with E-state index in [1.807, 2.05) is 0 Å². The van der Waals surface area contributed by atoms with E-state index >= 15 is 0 Å². The number of azide groups is 1. The molecule has 4 nitrogen and oxygen atoms in total. The minimum atomic E-state index is -4.30. The SMILES string of the molecule is C=C1OI(C(F)(F)C(F)(F)CCN=[N+]=[N-])c2ccccc21. The Balaban J connectivity index is 2.32. The van der Waals surface area contributed by atoms with E-state index < -0.39 is 43.1 Å². The molecular formula is C12H10F4IN3O. The third kappa shape index (κ3) is 2.80. The van der Waals surface area contributed by atoms with Crippen molar-refractivity contribution >= 4 is 26.0 Å². The number of fused-ring (bicyclic) bond motifs is 1. The number of halogens is 5. The molecule has 21 heavy (non-hydrogen) atoms. The molecule has 0 N–H and O–H groups in total. The molecule has 9 heteroatoms. The Kier molecular flexibility index (Phi) is 4.33. The molecule has 0 saturated carbocycles. The molecule has 0 saturated heterocycles. The van der Waals surface area contributed by atoms with Crippen LogP contribution in [0.3, 0.4) is 0 Å². The first kappa shape index (κ1) is 15.9. The van der Waals surface area contributed by atoms with E-state index in [1.54, 1.807) is 6.07 Å². The second-order valence-corrected chi connectivity index (χ2v) is 8.51. The van der Waals surface area contributed by atoms with Gasteiger partial charge in [-0.15, -0.1) is 0 Å². The Bertz CT molecular complexity index is 616. The van der Waals surface area contributed by atoms with Crippen LogP contribution in [0, 0.1) is 3.57 Å². The van der Waals surface area contributed by atoms with Crippen molar-refractivity contribution in [2.75, 3.05) is 6.54 Å². The molecule has 1 aromatic rings. The van der Waals surface area contributed by atoms with Gasteiger partial charge in [-0.1, -0.05) is 0 Å². The molecule has 0 radical (unpaired) electrons. The average Bonchev–Trinajstić information content (AvgIpc) is 2.77. The number of hydrogen-bond donors (Lipinski definition) is 0. The standard InChI is InChI=1S/C12H10F4IN3O/c1-8-9-4-2-3-5-10(9)17(21-8)12(15,16)11(13,14)6-7-19-20-18/h2-5H,1,6-7H2. The summed E-state index contributed by atoms with van der Waals surface area (Å²) in [6.07, 6.45) is -1.23. The monoisotopic (exact) mass is 415 g/mol. The molecule has 1 aliphatic rings. The van der Waals surface area contributed by atoms with Crippen LogP contribution in [-0.4, -0.2) is 16.4 Å². The van der Waals surface area contributed by atoms with E-state index in [1.165, 1.54) is 18.2 Å². The second kappa shape index (κ2) is 5.72. The molecule has 0 fully saturated rings. The molecule has 114 valence electrons. The van der Waals surface area contributed by atoms with Crippen LogP contribution in [-0.2, 0) is 3.07 Å². The van der Waals surface area contributed by atoms with Crippen LogP contribution in [0.25, 0.3) is 16.2 Å². The normalized spacial score (nSPS) is 16.2. The predicted octanol–water partition coefficient (Wildman–Crippen LogP) is 5.21. The molecule has 0 atom stereocenters. The molecule has 2 rings (SSSR count).